The van der Waals surface area contributed by atoms with Crippen LogP contribution in [0.15, 0.2) is 47.7 Å². The Labute approximate surface area is 178 Å². The second-order valence-electron chi connectivity index (χ2n) is 8.13. The van der Waals surface area contributed by atoms with Crippen molar-refractivity contribution in [2.24, 2.45) is 5.41 Å². The van der Waals surface area contributed by atoms with E-state index < -0.39 is 0 Å². The van der Waals surface area contributed by atoms with Gasteiger partial charge in [0.1, 0.15) is 0 Å². The maximum atomic E-state index is 13.2. The van der Waals surface area contributed by atoms with Gasteiger partial charge in [0.25, 0.3) is 0 Å². The number of phenolic OH excluding ortho intramolecular Hbond substituents is 1. The molecule has 0 amide bonds. The van der Waals surface area contributed by atoms with Crippen LogP contribution >= 0.6 is 22.6 Å². The molecule has 0 unspecified atom stereocenters. The minimum absolute atomic E-state index is 0.0895. The van der Waals surface area contributed by atoms with Gasteiger partial charge in [-0.25, -0.2) is 0 Å². The minimum Gasteiger partial charge on any atom is -0.504 e. The fourth-order valence-corrected chi connectivity index (χ4v) is 4.68. The van der Waals surface area contributed by atoms with Crippen molar-refractivity contribution in [3.8, 4) is 11.5 Å². The number of rotatable bonds is 2. The number of hydrogen-bond acceptors (Lipinski definition) is 5. The number of carbonyl (C=O) groups is 1. The van der Waals surface area contributed by atoms with Crippen molar-refractivity contribution in [2.45, 2.75) is 32.7 Å². The number of halogens is 1. The fourth-order valence-electron chi connectivity index (χ4n) is 4.06. The summed E-state index contributed by atoms with van der Waals surface area (Å²) in [6, 6.07) is 11.4. The summed E-state index contributed by atoms with van der Waals surface area (Å²) in [5, 5.41) is 17.3. The van der Waals surface area contributed by atoms with Crippen molar-refractivity contribution >= 4 is 39.7 Å². The molecule has 0 fully saturated rings. The van der Waals surface area contributed by atoms with Crippen LogP contribution in [0.5, 0.6) is 11.5 Å². The molecule has 5 nitrogen and oxygen atoms in total. The smallest absolute Gasteiger partial charge is 0.171 e. The van der Waals surface area contributed by atoms with Gasteiger partial charge in [-0.2, -0.15) is 0 Å². The molecule has 2 aromatic rings. The molecule has 0 saturated carbocycles. The summed E-state index contributed by atoms with van der Waals surface area (Å²) in [5.74, 6) is 0.662. The number of carbonyl (C=O) groups excluding carboxylic acids is 1. The number of para-hydroxylation sites is 2. The summed E-state index contributed by atoms with van der Waals surface area (Å²) in [6.45, 7) is 4.25. The molecule has 6 heteroatoms. The number of methoxy groups -OCH3 is 1. The van der Waals surface area contributed by atoms with Crippen molar-refractivity contribution in [1.82, 2.24) is 0 Å². The maximum absolute atomic E-state index is 13.2. The molecular weight excluding hydrogens is 467 g/mol. The number of ether oxygens (including phenoxy) is 1. The highest BCUT2D eigenvalue weighted by molar-refractivity contribution is 14.1. The minimum atomic E-state index is -0.322. The molecule has 146 valence electrons. The lowest BCUT2D eigenvalue weighted by molar-refractivity contribution is -0.118. The number of allylic oxidation sites excluding steroid dienone is 1. The van der Waals surface area contributed by atoms with E-state index in [9.17, 15) is 9.90 Å². The van der Waals surface area contributed by atoms with Crippen molar-refractivity contribution in [2.75, 3.05) is 17.7 Å². The Morgan fingerprint density at radius 2 is 1.89 bits per heavy atom. The molecule has 0 radical (unpaired) electrons. The summed E-state index contributed by atoms with van der Waals surface area (Å²) >= 11 is 2.09. The lowest BCUT2D eigenvalue weighted by Gasteiger charge is -2.34. The van der Waals surface area contributed by atoms with Crippen molar-refractivity contribution in [3.63, 3.8) is 0 Å². The number of aromatic hydroxyl groups is 1. The number of anilines is 2. The monoisotopic (exact) mass is 490 g/mol. The van der Waals surface area contributed by atoms with Gasteiger partial charge in [0.05, 0.1) is 28.1 Å². The van der Waals surface area contributed by atoms with Crippen LogP contribution < -0.4 is 15.4 Å². The summed E-state index contributed by atoms with van der Waals surface area (Å²) in [6.07, 6.45) is 1.31. The maximum Gasteiger partial charge on any atom is 0.171 e. The van der Waals surface area contributed by atoms with E-state index in [0.717, 1.165) is 34.6 Å². The summed E-state index contributed by atoms with van der Waals surface area (Å²) in [7, 11) is 1.53. The van der Waals surface area contributed by atoms with E-state index in [2.05, 4.69) is 47.1 Å². The normalized spacial score (nSPS) is 20.4. The second kappa shape index (κ2) is 6.99. The number of hydrogen-bond donors (Lipinski definition) is 3. The number of ketones is 1. The lowest BCUT2D eigenvalue weighted by Crippen LogP contribution is -2.31. The third-order valence-corrected chi connectivity index (χ3v) is 6.15. The summed E-state index contributed by atoms with van der Waals surface area (Å²) in [4.78, 5) is 13.2. The molecule has 2 aromatic carbocycles. The van der Waals surface area contributed by atoms with Crippen LogP contribution in [0, 0.1) is 8.99 Å². The zero-order valence-electron chi connectivity index (χ0n) is 16.1. The van der Waals surface area contributed by atoms with Crippen LogP contribution in [0.3, 0.4) is 0 Å². The Balaban J connectivity index is 1.91. The van der Waals surface area contributed by atoms with Gasteiger partial charge in [-0.3, -0.25) is 4.79 Å². The largest absolute Gasteiger partial charge is 0.504 e. The van der Waals surface area contributed by atoms with Crippen LogP contribution in [0.25, 0.3) is 0 Å². The average Bonchev–Trinajstić information content (AvgIpc) is 2.79. The third-order valence-electron chi connectivity index (χ3n) is 5.33. The van der Waals surface area contributed by atoms with E-state index in [1.165, 1.54) is 7.11 Å². The number of nitrogens with one attached hydrogen (secondary N) is 2. The highest BCUT2D eigenvalue weighted by Gasteiger charge is 2.39. The molecule has 1 atom stereocenters. The molecule has 1 aliphatic heterocycles. The molecule has 3 N–H and O–H groups in total. The molecule has 0 bridgehead atoms. The highest BCUT2D eigenvalue weighted by Crippen LogP contribution is 2.46. The van der Waals surface area contributed by atoms with E-state index in [4.69, 9.17) is 4.74 Å². The first kappa shape index (κ1) is 19.1. The zero-order chi connectivity index (χ0) is 20.1. The average molecular weight is 490 g/mol. The Kier molecular flexibility index (Phi) is 4.77. The lowest BCUT2D eigenvalue weighted by atomic mass is 9.73. The van der Waals surface area contributed by atoms with Gasteiger partial charge < -0.3 is 20.5 Å². The van der Waals surface area contributed by atoms with Crippen LogP contribution in [0.1, 0.15) is 38.3 Å². The van der Waals surface area contributed by atoms with Gasteiger partial charge in [-0.15, -0.1) is 0 Å². The molecule has 28 heavy (non-hydrogen) atoms. The molecular formula is C22H23IN2O3. The molecule has 4 rings (SSSR count). The second-order valence-corrected chi connectivity index (χ2v) is 9.30. The van der Waals surface area contributed by atoms with Crippen LogP contribution in [0.4, 0.5) is 11.4 Å². The fraction of sp³-hybridized carbons (Fsp3) is 0.318. The summed E-state index contributed by atoms with van der Waals surface area (Å²) in [5.41, 5.74) is 4.43. The van der Waals surface area contributed by atoms with Crippen LogP contribution in [-0.2, 0) is 4.79 Å². The van der Waals surface area contributed by atoms with E-state index in [0.29, 0.717) is 15.7 Å². The van der Waals surface area contributed by atoms with E-state index in [1.54, 1.807) is 6.07 Å². The Morgan fingerprint density at radius 1 is 1.18 bits per heavy atom. The van der Waals surface area contributed by atoms with E-state index in [-0.39, 0.29) is 23.0 Å². The Morgan fingerprint density at radius 3 is 2.61 bits per heavy atom. The van der Waals surface area contributed by atoms with E-state index in [1.807, 2.05) is 30.3 Å². The van der Waals surface area contributed by atoms with E-state index >= 15 is 0 Å². The topological polar surface area (TPSA) is 70.6 Å². The standard InChI is InChI=1S/C22H23IN2O3/c1-22(2)10-16-19(17(26)11-22)20(25-15-7-5-4-6-14(15)24-16)12-8-13(23)21(27)18(9-12)28-3/h4-9,20,24-25,27H,10-11H2,1-3H3/t20-/m0/s1. The van der Waals surface area contributed by atoms with Gasteiger partial charge >= 0.3 is 0 Å². The molecule has 1 heterocycles. The Bertz CT molecular complexity index is 997. The zero-order valence-corrected chi connectivity index (χ0v) is 18.3. The molecule has 0 aromatic heterocycles. The quantitative estimate of drug-likeness (QED) is 0.504. The van der Waals surface area contributed by atoms with Crippen molar-refractivity contribution < 1.29 is 14.6 Å². The predicted octanol–water partition coefficient (Wildman–Crippen LogP) is 5.23. The number of Topliss-reactive ketones (excluding diaryl/α,β-unsaturated/α-hetero) is 1. The SMILES string of the molecule is COc1cc([C@@H]2Nc3ccccc3NC3=C2C(=O)CC(C)(C)C3)cc(I)c1O. The van der Waals surface area contributed by atoms with Gasteiger partial charge in [0, 0.05) is 17.7 Å². The van der Waals surface area contributed by atoms with Gasteiger partial charge in [0.15, 0.2) is 17.3 Å². The van der Waals surface area contributed by atoms with Crippen LogP contribution in [-0.4, -0.2) is 18.0 Å². The van der Waals surface area contributed by atoms with Crippen molar-refractivity contribution in [1.29, 1.82) is 0 Å². The molecule has 0 spiro atoms. The highest BCUT2D eigenvalue weighted by atomic mass is 127. The predicted molar refractivity (Wildman–Crippen MR) is 119 cm³/mol. The van der Waals surface area contributed by atoms with Crippen LogP contribution in [0.2, 0.25) is 0 Å². The Hall–Kier alpha value is -2.22. The van der Waals surface area contributed by atoms with Crippen molar-refractivity contribution in [3.05, 3.63) is 56.8 Å². The molecule has 0 saturated heterocycles. The van der Waals surface area contributed by atoms with Gasteiger partial charge in [-0.1, -0.05) is 26.0 Å². The number of fused-ring (bicyclic) bond motifs is 1. The van der Waals surface area contributed by atoms with Gasteiger partial charge in [-0.05, 0) is 64.3 Å². The third kappa shape index (κ3) is 3.34. The number of phenols is 1. The summed E-state index contributed by atoms with van der Waals surface area (Å²) < 4.78 is 6.04. The first-order valence-corrected chi connectivity index (χ1v) is 10.3. The molecule has 2 aliphatic rings. The first-order valence-electron chi connectivity index (χ1n) is 9.24. The van der Waals surface area contributed by atoms with Gasteiger partial charge in [0.2, 0.25) is 0 Å². The first-order chi connectivity index (χ1) is 13.3. The number of benzene rings is 2. The molecule has 1 aliphatic carbocycles.